The number of nitrogens with zero attached hydrogens (tertiary/aromatic N) is 4. The van der Waals surface area contributed by atoms with E-state index < -0.39 is 0 Å². The molecule has 2 aliphatic rings. The highest BCUT2D eigenvalue weighted by Gasteiger charge is 2.20. The highest BCUT2D eigenvalue weighted by Crippen LogP contribution is 2.38. The van der Waals surface area contributed by atoms with Gasteiger partial charge < -0.3 is 19.8 Å². The Morgan fingerprint density at radius 2 is 1.82 bits per heavy atom. The van der Waals surface area contributed by atoms with Crippen LogP contribution in [0.1, 0.15) is 5.56 Å². The van der Waals surface area contributed by atoms with Gasteiger partial charge in [0.1, 0.15) is 11.5 Å². The zero-order valence-electron chi connectivity index (χ0n) is 18.4. The van der Waals surface area contributed by atoms with Crippen LogP contribution in [0.25, 0.3) is 22.3 Å². The number of nitrogens with two attached hydrogens (primary N) is 1. The van der Waals surface area contributed by atoms with Crippen LogP contribution in [0.15, 0.2) is 77.0 Å². The van der Waals surface area contributed by atoms with E-state index in [1.165, 1.54) is 28.1 Å². The van der Waals surface area contributed by atoms with Gasteiger partial charge in [0.05, 0.1) is 25.4 Å². The molecule has 3 aromatic rings. The summed E-state index contributed by atoms with van der Waals surface area (Å²) in [4.78, 5) is 14.6. The van der Waals surface area contributed by atoms with E-state index >= 15 is 0 Å². The molecule has 0 fully saturated rings. The molecule has 0 unspecified atom stereocenters. The molecule has 0 saturated carbocycles. The molecule has 0 amide bonds. The minimum absolute atomic E-state index is 0.364. The van der Waals surface area contributed by atoms with Crippen LogP contribution in [0, 0.1) is 0 Å². The average molecular weight is 458 g/mol. The average Bonchev–Trinajstić information content (AvgIpc) is 3.28. The van der Waals surface area contributed by atoms with Crippen molar-refractivity contribution in [1.29, 1.82) is 0 Å². The maximum Gasteiger partial charge on any atom is 0.195 e. The second-order valence-electron chi connectivity index (χ2n) is 7.51. The fourth-order valence-electron chi connectivity index (χ4n) is 3.86. The van der Waals surface area contributed by atoms with Gasteiger partial charge in [-0.05, 0) is 52.7 Å². The quantitative estimate of drug-likeness (QED) is 0.371. The molecule has 166 valence electrons. The summed E-state index contributed by atoms with van der Waals surface area (Å²) >= 11 is 1.40. The Balaban J connectivity index is 1.45. The SMILES string of the molecule is COc1ccc(OC)c(Sc2nc3c(N)ncn(CCc4cccc5ccccc45)c-3n2)c1. The molecule has 0 spiro atoms. The molecule has 0 aromatic heterocycles. The first-order valence-corrected chi connectivity index (χ1v) is 11.3. The molecule has 8 heteroatoms. The van der Waals surface area contributed by atoms with Gasteiger partial charge in [-0.15, -0.1) is 0 Å². The van der Waals surface area contributed by atoms with Gasteiger partial charge >= 0.3 is 0 Å². The Labute approximate surface area is 195 Å². The van der Waals surface area contributed by atoms with Gasteiger partial charge in [0.2, 0.25) is 0 Å². The van der Waals surface area contributed by atoms with Gasteiger partial charge in [-0.3, -0.25) is 0 Å². The molecule has 2 heterocycles. The van der Waals surface area contributed by atoms with Crippen molar-refractivity contribution in [2.75, 3.05) is 20.0 Å². The summed E-state index contributed by atoms with van der Waals surface area (Å²) in [5, 5.41) is 3.07. The summed E-state index contributed by atoms with van der Waals surface area (Å²) in [6, 6.07) is 20.4. The summed E-state index contributed by atoms with van der Waals surface area (Å²) in [7, 11) is 3.27. The Bertz CT molecular complexity index is 1400. The minimum atomic E-state index is 0.364. The Morgan fingerprint density at radius 1 is 0.970 bits per heavy atom. The normalized spacial score (nSPS) is 11.2. The number of benzene rings is 3. The summed E-state index contributed by atoms with van der Waals surface area (Å²) in [5.74, 6) is 2.54. The van der Waals surface area contributed by atoms with Crippen LogP contribution in [0.4, 0.5) is 5.82 Å². The number of fused-ring (bicyclic) bond motifs is 2. The Morgan fingerprint density at radius 3 is 2.67 bits per heavy atom. The van der Waals surface area contributed by atoms with E-state index in [2.05, 4.69) is 52.4 Å². The lowest BCUT2D eigenvalue weighted by Gasteiger charge is -2.12. The first-order valence-electron chi connectivity index (χ1n) is 10.5. The number of hydrogen-bond acceptors (Lipinski definition) is 7. The van der Waals surface area contributed by atoms with Gasteiger partial charge in [0.25, 0.3) is 0 Å². The van der Waals surface area contributed by atoms with Gasteiger partial charge in [0, 0.05) is 6.54 Å². The topological polar surface area (TPSA) is 88.1 Å². The standard InChI is InChI=1S/C25H23N5O2S/c1-31-18-10-11-20(32-2)21(14-18)33-25-28-22-23(26)27-15-30(24(22)29-25)13-12-17-8-5-7-16-6-3-4-9-19(16)17/h3-11,14-15H,12-13,26H2,1-2H3. The van der Waals surface area contributed by atoms with Crippen LogP contribution in [-0.4, -0.2) is 33.7 Å². The van der Waals surface area contributed by atoms with Crippen molar-refractivity contribution in [2.45, 2.75) is 23.0 Å². The van der Waals surface area contributed by atoms with E-state index in [1.54, 1.807) is 20.5 Å². The first kappa shape index (κ1) is 21.1. The maximum atomic E-state index is 6.13. The van der Waals surface area contributed by atoms with Crippen LogP contribution in [0.3, 0.4) is 0 Å². The van der Waals surface area contributed by atoms with Gasteiger partial charge in [0.15, 0.2) is 22.5 Å². The molecule has 0 radical (unpaired) electrons. The Kier molecular flexibility index (Phi) is 5.75. The monoisotopic (exact) mass is 457 g/mol. The molecule has 7 nitrogen and oxygen atoms in total. The molecule has 0 atom stereocenters. The van der Waals surface area contributed by atoms with Gasteiger partial charge in [-0.2, -0.15) is 0 Å². The second-order valence-corrected chi connectivity index (χ2v) is 8.52. The van der Waals surface area contributed by atoms with Crippen molar-refractivity contribution in [2.24, 2.45) is 0 Å². The fraction of sp³-hybridized carbons (Fsp3) is 0.160. The highest BCUT2D eigenvalue weighted by atomic mass is 32.2. The molecule has 0 saturated heterocycles. The number of ether oxygens (including phenoxy) is 2. The lowest BCUT2D eigenvalue weighted by Crippen LogP contribution is -2.10. The predicted octanol–water partition coefficient (Wildman–Crippen LogP) is 4.92. The zero-order chi connectivity index (χ0) is 22.8. The number of nitrogen functional groups attached to an aromatic ring is 1. The summed E-state index contributed by atoms with van der Waals surface area (Å²) in [6.07, 6.45) is 2.57. The molecule has 2 N–H and O–H groups in total. The molecule has 5 rings (SSSR count). The van der Waals surface area contributed by atoms with E-state index in [0.717, 1.165) is 22.8 Å². The highest BCUT2D eigenvalue weighted by molar-refractivity contribution is 7.99. The van der Waals surface area contributed by atoms with Crippen LogP contribution in [-0.2, 0) is 13.0 Å². The number of hydrogen-bond donors (Lipinski definition) is 1. The second kappa shape index (κ2) is 8.99. The summed E-state index contributed by atoms with van der Waals surface area (Å²) in [5.41, 5.74) is 8.01. The lowest BCUT2D eigenvalue weighted by atomic mass is 10.0. The lowest BCUT2D eigenvalue weighted by molar-refractivity contribution is 0.394. The molecule has 0 bridgehead atoms. The number of methoxy groups -OCH3 is 2. The minimum Gasteiger partial charge on any atom is -0.497 e. The van der Waals surface area contributed by atoms with E-state index in [9.17, 15) is 0 Å². The van der Waals surface area contributed by atoms with Crippen LogP contribution in [0.2, 0.25) is 0 Å². The molecule has 2 aliphatic heterocycles. The summed E-state index contributed by atoms with van der Waals surface area (Å²) < 4.78 is 12.8. The van der Waals surface area contributed by atoms with Crippen LogP contribution in [0.5, 0.6) is 11.5 Å². The maximum absolute atomic E-state index is 6.13. The van der Waals surface area contributed by atoms with Gasteiger partial charge in [-0.25, -0.2) is 15.0 Å². The predicted molar refractivity (Wildman–Crippen MR) is 130 cm³/mol. The number of imidazole rings is 1. The van der Waals surface area contributed by atoms with E-state index in [0.29, 0.717) is 29.0 Å². The van der Waals surface area contributed by atoms with E-state index in [-0.39, 0.29) is 0 Å². The van der Waals surface area contributed by atoms with Crippen molar-refractivity contribution in [3.8, 4) is 23.0 Å². The third-order valence-electron chi connectivity index (χ3n) is 5.55. The third-order valence-corrected chi connectivity index (χ3v) is 6.45. The number of aromatic nitrogens is 4. The molecular formula is C25H23N5O2S. The van der Waals surface area contributed by atoms with Gasteiger partial charge in [-0.1, -0.05) is 42.5 Å². The number of anilines is 1. The van der Waals surface area contributed by atoms with Crippen molar-refractivity contribution in [3.05, 3.63) is 72.6 Å². The third kappa shape index (κ3) is 4.17. The van der Waals surface area contributed by atoms with E-state index in [1.807, 2.05) is 22.8 Å². The van der Waals surface area contributed by atoms with Crippen LogP contribution < -0.4 is 15.2 Å². The van der Waals surface area contributed by atoms with E-state index in [4.69, 9.17) is 20.2 Å². The van der Waals surface area contributed by atoms with Crippen LogP contribution >= 0.6 is 11.8 Å². The fourth-order valence-corrected chi connectivity index (χ4v) is 4.75. The number of rotatable bonds is 7. The first-order chi connectivity index (χ1) is 16.2. The van der Waals surface area contributed by atoms with Crippen molar-refractivity contribution >= 4 is 28.4 Å². The van der Waals surface area contributed by atoms with Crippen molar-refractivity contribution in [3.63, 3.8) is 0 Å². The largest absolute Gasteiger partial charge is 0.497 e. The summed E-state index contributed by atoms with van der Waals surface area (Å²) in [6.45, 7) is 0.711. The molecular weight excluding hydrogens is 434 g/mol. The number of aryl methyl sites for hydroxylation is 2. The molecule has 0 aliphatic carbocycles. The van der Waals surface area contributed by atoms with Crippen molar-refractivity contribution in [1.82, 2.24) is 19.5 Å². The zero-order valence-corrected chi connectivity index (χ0v) is 19.2. The smallest absolute Gasteiger partial charge is 0.195 e. The molecule has 33 heavy (non-hydrogen) atoms. The Hall–Kier alpha value is -3.78. The van der Waals surface area contributed by atoms with Crippen molar-refractivity contribution < 1.29 is 9.47 Å². The molecule has 3 aromatic carbocycles.